The first-order valence-corrected chi connectivity index (χ1v) is 9.05. The normalized spacial score (nSPS) is 9.55. The van der Waals surface area contributed by atoms with Crippen LogP contribution in [0.4, 0.5) is 0 Å². The fourth-order valence-electron chi connectivity index (χ4n) is 2.08. The van der Waals surface area contributed by atoms with E-state index in [2.05, 4.69) is 67.5 Å². The second-order valence-corrected chi connectivity index (χ2v) is 6.14. The molecule has 0 radical (unpaired) electrons. The largest absolute Gasteiger partial charge is 0.496 e. The monoisotopic (exact) mass is 308 g/mol. The lowest BCUT2D eigenvalue weighted by Gasteiger charge is -2.10. The van der Waals surface area contributed by atoms with Crippen LogP contribution in [0.3, 0.4) is 0 Å². The van der Waals surface area contributed by atoms with Gasteiger partial charge in [-0.25, -0.2) is 0 Å². The van der Waals surface area contributed by atoms with Crippen molar-refractivity contribution < 1.29 is 4.74 Å². The molecule has 0 N–H and O–H groups in total. The molecule has 0 amide bonds. The van der Waals surface area contributed by atoms with Gasteiger partial charge < -0.3 is 4.74 Å². The van der Waals surface area contributed by atoms with Crippen molar-refractivity contribution in [2.45, 2.75) is 87.5 Å². The third-order valence-electron chi connectivity index (χ3n) is 3.66. The van der Waals surface area contributed by atoms with E-state index < -0.39 is 0 Å². The Labute approximate surface area is 140 Å². The zero-order valence-electron chi connectivity index (χ0n) is 16.7. The van der Waals surface area contributed by atoms with E-state index in [1.54, 1.807) is 7.11 Å². The summed E-state index contributed by atoms with van der Waals surface area (Å²) in [5.74, 6) is 1.96. The lowest BCUT2D eigenvalue weighted by molar-refractivity contribution is 0.408. The minimum absolute atomic E-state index is 0.935. The number of methoxy groups -OCH3 is 1. The molecule has 0 aromatic heterocycles. The Morgan fingerprint density at radius 3 is 1.55 bits per heavy atom. The first kappa shape index (κ1) is 23.3. The van der Waals surface area contributed by atoms with Gasteiger partial charge in [-0.15, -0.1) is 0 Å². The van der Waals surface area contributed by atoms with Crippen molar-refractivity contribution in [3.8, 4) is 5.75 Å². The van der Waals surface area contributed by atoms with Gasteiger partial charge in [-0.1, -0.05) is 79.4 Å². The van der Waals surface area contributed by atoms with E-state index in [1.165, 1.54) is 42.4 Å². The maximum atomic E-state index is 5.31. The van der Waals surface area contributed by atoms with Crippen molar-refractivity contribution in [3.05, 3.63) is 28.8 Å². The molecule has 0 aliphatic carbocycles. The second kappa shape index (κ2) is 14.9. The molecule has 0 unspecified atom stereocenters. The zero-order chi connectivity index (χ0) is 17.5. The number of hydrogen-bond acceptors (Lipinski definition) is 1. The summed E-state index contributed by atoms with van der Waals surface area (Å²) < 4.78 is 5.31. The van der Waals surface area contributed by atoms with E-state index in [0.29, 0.717) is 0 Å². The van der Waals surface area contributed by atoms with Crippen molar-refractivity contribution in [2.24, 2.45) is 5.92 Å². The summed E-state index contributed by atoms with van der Waals surface area (Å²) in [4.78, 5) is 0. The third kappa shape index (κ3) is 10.7. The molecule has 1 aromatic carbocycles. The average Bonchev–Trinajstić information content (AvgIpc) is 2.48. The highest BCUT2D eigenvalue weighted by Crippen LogP contribution is 2.24. The standard InChI is InChI=1S/C12H18O.C6H14.C3H8/c1-5-6-11-7-9(2)12(13-4)10(3)8-11;1-4-6(3)5-2;1-3-2/h7-8H,5-6H2,1-4H3;6H,4-5H2,1-3H3;3H2,1-2H3. The van der Waals surface area contributed by atoms with Gasteiger partial charge in [-0.3, -0.25) is 0 Å². The van der Waals surface area contributed by atoms with Gasteiger partial charge in [-0.05, 0) is 42.9 Å². The second-order valence-electron chi connectivity index (χ2n) is 6.14. The summed E-state index contributed by atoms with van der Waals surface area (Å²) in [5, 5.41) is 0. The van der Waals surface area contributed by atoms with E-state index in [9.17, 15) is 0 Å². The first-order chi connectivity index (χ1) is 10.4. The van der Waals surface area contributed by atoms with Gasteiger partial charge in [0.1, 0.15) is 5.75 Å². The fourth-order valence-corrected chi connectivity index (χ4v) is 2.08. The molecule has 1 aromatic rings. The highest BCUT2D eigenvalue weighted by Gasteiger charge is 2.03. The van der Waals surface area contributed by atoms with Crippen LogP contribution in [0.2, 0.25) is 0 Å². The summed E-state index contributed by atoms with van der Waals surface area (Å²) in [7, 11) is 1.73. The molecule has 0 spiro atoms. The summed E-state index contributed by atoms with van der Waals surface area (Å²) >= 11 is 0. The lowest BCUT2D eigenvalue weighted by atomic mass is 10.0. The number of hydrogen-bond donors (Lipinski definition) is 0. The first-order valence-electron chi connectivity index (χ1n) is 9.05. The molecule has 0 fully saturated rings. The highest BCUT2D eigenvalue weighted by molar-refractivity contribution is 5.43. The molecular weight excluding hydrogens is 268 g/mol. The van der Waals surface area contributed by atoms with Gasteiger partial charge in [0.15, 0.2) is 0 Å². The number of benzene rings is 1. The van der Waals surface area contributed by atoms with E-state index in [-0.39, 0.29) is 0 Å². The van der Waals surface area contributed by atoms with Crippen molar-refractivity contribution >= 4 is 0 Å². The molecule has 1 heteroatoms. The predicted octanol–water partition coefficient (Wildman–Crippen LogP) is 7.12. The number of ether oxygens (including phenoxy) is 1. The minimum atomic E-state index is 0.935. The van der Waals surface area contributed by atoms with Crippen LogP contribution in [0, 0.1) is 19.8 Å². The Morgan fingerprint density at radius 1 is 0.909 bits per heavy atom. The molecule has 0 heterocycles. The zero-order valence-corrected chi connectivity index (χ0v) is 16.7. The molecular formula is C21H40O. The minimum Gasteiger partial charge on any atom is -0.496 e. The van der Waals surface area contributed by atoms with Crippen molar-refractivity contribution in [3.63, 3.8) is 0 Å². The molecule has 22 heavy (non-hydrogen) atoms. The van der Waals surface area contributed by atoms with Crippen LogP contribution in [0.1, 0.15) is 83.9 Å². The molecule has 0 atom stereocenters. The summed E-state index contributed by atoms with van der Waals surface area (Å²) in [6.07, 6.45) is 6.27. The molecule has 0 bridgehead atoms. The molecule has 130 valence electrons. The van der Waals surface area contributed by atoms with Gasteiger partial charge >= 0.3 is 0 Å². The van der Waals surface area contributed by atoms with Crippen LogP contribution >= 0.6 is 0 Å². The van der Waals surface area contributed by atoms with E-state index >= 15 is 0 Å². The van der Waals surface area contributed by atoms with Gasteiger partial charge in [0.2, 0.25) is 0 Å². The summed E-state index contributed by atoms with van der Waals surface area (Å²) in [6, 6.07) is 4.44. The highest BCUT2D eigenvalue weighted by atomic mass is 16.5. The van der Waals surface area contributed by atoms with Crippen LogP contribution in [0.15, 0.2) is 12.1 Å². The van der Waals surface area contributed by atoms with Crippen LogP contribution in [0.25, 0.3) is 0 Å². The average molecular weight is 309 g/mol. The van der Waals surface area contributed by atoms with Gasteiger partial charge in [0.25, 0.3) is 0 Å². The van der Waals surface area contributed by atoms with E-state index in [0.717, 1.165) is 18.1 Å². The maximum absolute atomic E-state index is 5.31. The van der Waals surface area contributed by atoms with Crippen molar-refractivity contribution in [2.75, 3.05) is 7.11 Å². The molecule has 1 nitrogen and oxygen atoms in total. The van der Waals surface area contributed by atoms with E-state index in [1.807, 2.05) is 0 Å². The van der Waals surface area contributed by atoms with Gasteiger partial charge in [0.05, 0.1) is 7.11 Å². The Hall–Kier alpha value is -0.980. The Bertz CT molecular complexity index is 341. The SMILES string of the molecule is CCC.CCC(C)CC.CCCc1cc(C)c(OC)c(C)c1. The van der Waals surface area contributed by atoms with Crippen molar-refractivity contribution in [1.29, 1.82) is 0 Å². The third-order valence-corrected chi connectivity index (χ3v) is 3.66. The van der Waals surface area contributed by atoms with Crippen LogP contribution in [-0.2, 0) is 6.42 Å². The summed E-state index contributed by atoms with van der Waals surface area (Å²) in [6.45, 7) is 17.4. The number of rotatable bonds is 5. The van der Waals surface area contributed by atoms with Gasteiger partial charge in [-0.2, -0.15) is 0 Å². The molecule has 0 aliphatic rings. The molecule has 0 saturated carbocycles. The van der Waals surface area contributed by atoms with E-state index in [4.69, 9.17) is 4.74 Å². The van der Waals surface area contributed by atoms with Crippen molar-refractivity contribution in [1.82, 2.24) is 0 Å². The quantitative estimate of drug-likeness (QED) is 0.562. The molecule has 0 saturated heterocycles. The molecule has 1 rings (SSSR count). The smallest absolute Gasteiger partial charge is 0.124 e. The summed E-state index contributed by atoms with van der Waals surface area (Å²) in [5.41, 5.74) is 3.90. The van der Waals surface area contributed by atoms with Crippen LogP contribution in [-0.4, -0.2) is 7.11 Å². The number of aryl methyl sites for hydroxylation is 3. The van der Waals surface area contributed by atoms with Crippen LogP contribution in [0.5, 0.6) is 5.75 Å². The van der Waals surface area contributed by atoms with Crippen LogP contribution < -0.4 is 4.74 Å². The maximum Gasteiger partial charge on any atom is 0.124 e. The Balaban J connectivity index is 0. The Morgan fingerprint density at radius 2 is 1.32 bits per heavy atom. The van der Waals surface area contributed by atoms with Gasteiger partial charge in [0, 0.05) is 0 Å². The lowest BCUT2D eigenvalue weighted by Crippen LogP contribution is -1.93. The fraction of sp³-hybridized carbons (Fsp3) is 0.714. The molecule has 0 aliphatic heterocycles. The predicted molar refractivity (Wildman–Crippen MR) is 102 cm³/mol. The Kier molecular flexibility index (Phi) is 15.8. The topological polar surface area (TPSA) is 9.23 Å².